The first-order valence-corrected chi connectivity index (χ1v) is 23.1. The van der Waals surface area contributed by atoms with Crippen molar-refractivity contribution in [3.63, 3.8) is 0 Å². The lowest BCUT2D eigenvalue weighted by atomic mass is 9.72. The van der Waals surface area contributed by atoms with Gasteiger partial charge < -0.3 is 18.9 Å². The summed E-state index contributed by atoms with van der Waals surface area (Å²) in [6, 6.07) is 0. The monoisotopic (exact) mass is 807 g/mol. The molecule has 1 N–H and O–H groups in total. The van der Waals surface area contributed by atoms with Crippen LogP contribution in [0.5, 0.6) is 0 Å². The van der Waals surface area contributed by atoms with Crippen LogP contribution in [0.25, 0.3) is 0 Å². The molecule has 0 aromatic heterocycles. The van der Waals surface area contributed by atoms with Crippen molar-refractivity contribution in [1.82, 2.24) is 0 Å². The third-order valence-corrected chi connectivity index (χ3v) is 11.2. The van der Waals surface area contributed by atoms with Gasteiger partial charge in [0.1, 0.15) is 19.8 Å². The number of phosphoric acid groups is 1. The van der Waals surface area contributed by atoms with Crippen LogP contribution in [0.1, 0.15) is 164 Å². The van der Waals surface area contributed by atoms with E-state index in [1.165, 1.54) is 107 Å². The fraction of sp³-hybridized carbons (Fsp3) is 0.739. The largest absolute Gasteiger partial charge is 0.472 e. The van der Waals surface area contributed by atoms with E-state index < -0.39 is 32.5 Å². The SMILES string of the molecule is CCCCCCCCCCCCCCCCCC(=O)OCC(COP(=O)(O)OCC[N+](C)(C)C)OC(=O)/C=C(C)/C=C/C=C(C)/C=C/C1=C(C)CCCC1(C)C. The van der Waals surface area contributed by atoms with Crippen molar-refractivity contribution in [3.05, 3.63) is 58.7 Å². The van der Waals surface area contributed by atoms with Gasteiger partial charge in [-0.05, 0) is 63.0 Å². The molecule has 0 spiro atoms. The topological polar surface area (TPSA) is 108 Å². The van der Waals surface area contributed by atoms with E-state index in [1.54, 1.807) is 13.0 Å². The summed E-state index contributed by atoms with van der Waals surface area (Å²) in [5.74, 6) is -1.09. The highest BCUT2D eigenvalue weighted by atomic mass is 31.2. The van der Waals surface area contributed by atoms with Crippen LogP contribution in [0.15, 0.2) is 58.7 Å². The van der Waals surface area contributed by atoms with Crippen LogP contribution in [-0.2, 0) is 32.7 Å². The summed E-state index contributed by atoms with van der Waals surface area (Å²) in [5.41, 5.74) is 4.76. The Morgan fingerprint density at radius 3 is 1.96 bits per heavy atom. The van der Waals surface area contributed by atoms with Gasteiger partial charge in [0.05, 0.1) is 27.7 Å². The number of carbonyl (C=O) groups is 2. The van der Waals surface area contributed by atoms with E-state index in [2.05, 4.69) is 39.8 Å². The predicted octanol–water partition coefficient (Wildman–Crippen LogP) is 12.1. The molecular formula is C46H81NO8P+. The molecule has 0 aliphatic heterocycles. The minimum atomic E-state index is -4.43. The lowest BCUT2D eigenvalue weighted by molar-refractivity contribution is -0.870. The van der Waals surface area contributed by atoms with E-state index in [0.717, 1.165) is 31.3 Å². The van der Waals surface area contributed by atoms with Crippen LogP contribution in [0.3, 0.4) is 0 Å². The highest BCUT2D eigenvalue weighted by molar-refractivity contribution is 7.47. The summed E-state index contributed by atoms with van der Waals surface area (Å²) < 4.78 is 34.4. The van der Waals surface area contributed by atoms with Crippen molar-refractivity contribution < 1.29 is 42.1 Å². The average molecular weight is 807 g/mol. The predicted molar refractivity (Wildman–Crippen MR) is 231 cm³/mol. The molecule has 2 atom stereocenters. The molecule has 0 radical (unpaired) electrons. The molecular weight excluding hydrogens is 725 g/mol. The van der Waals surface area contributed by atoms with Gasteiger partial charge in [-0.1, -0.05) is 152 Å². The van der Waals surface area contributed by atoms with Crippen molar-refractivity contribution in [1.29, 1.82) is 0 Å². The molecule has 0 saturated carbocycles. The first-order chi connectivity index (χ1) is 26.4. The smallest absolute Gasteiger partial charge is 0.462 e. The fourth-order valence-electron chi connectivity index (χ4n) is 6.72. The van der Waals surface area contributed by atoms with Crippen molar-refractivity contribution in [3.8, 4) is 0 Å². The molecule has 0 bridgehead atoms. The zero-order chi connectivity index (χ0) is 41.9. The minimum absolute atomic E-state index is 0.00341. The molecule has 2 unspecified atom stereocenters. The van der Waals surface area contributed by atoms with Gasteiger partial charge in [-0.3, -0.25) is 13.8 Å². The first-order valence-electron chi connectivity index (χ1n) is 21.6. The molecule has 322 valence electrons. The number of quaternary nitrogens is 1. The Hall–Kier alpha value is -2.29. The molecule has 1 aliphatic carbocycles. The Bertz CT molecular complexity index is 1340. The van der Waals surface area contributed by atoms with E-state index in [0.29, 0.717) is 16.6 Å². The summed E-state index contributed by atoms with van der Waals surface area (Å²) in [6.45, 7) is 12.6. The molecule has 1 rings (SSSR count). The number of carbonyl (C=O) groups excluding carboxylic acids is 2. The second-order valence-corrected chi connectivity index (χ2v) is 18.9. The molecule has 0 heterocycles. The summed E-state index contributed by atoms with van der Waals surface area (Å²) in [6.07, 6.45) is 32.7. The summed E-state index contributed by atoms with van der Waals surface area (Å²) in [5, 5.41) is 0. The van der Waals surface area contributed by atoms with Gasteiger partial charge in [-0.15, -0.1) is 0 Å². The Kier molecular flexibility index (Phi) is 26.8. The lowest BCUT2D eigenvalue weighted by Gasteiger charge is -2.32. The molecule has 0 amide bonds. The normalized spacial score (nSPS) is 17.1. The number of ether oxygens (including phenoxy) is 2. The van der Waals surface area contributed by atoms with Crippen molar-refractivity contribution in [2.75, 3.05) is 47.5 Å². The molecule has 0 aromatic carbocycles. The van der Waals surface area contributed by atoms with Crippen LogP contribution < -0.4 is 0 Å². The number of allylic oxidation sites excluding steroid dienone is 9. The molecule has 1 aliphatic rings. The van der Waals surface area contributed by atoms with Crippen molar-refractivity contribution >= 4 is 19.8 Å². The average Bonchev–Trinajstić information content (AvgIpc) is 3.10. The zero-order valence-corrected chi connectivity index (χ0v) is 37.9. The fourth-order valence-corrected chi connectivity index (χ4v) is 7.47. The van der Waals surface area contributed by atoms with Gasteiger partial charge in [0, 0.05) is 12.5 Å². The van der Waals surface area contributed by atoms with Crippen LogP contribution in [0, 0.1) is 5.41 Å². The number of rotatable bonds is 31. The maximum atomic E-state index is 12.9. The third kappa shape index (κ3) is 27.4. The van der Waals surface area contributed by atoms with E-state index in [1.807, 2.05) is 40.2 Å². The Labute approximate surface area is 342 Å². The van der Waals surface area contributed by atoms with Crippen LogP contribution in [0.2, 0.25) is 0 Å². The standard InChI is InChI=1S/C46H80NO8P/c1-10-11-12-13-14-15-16-17-18-19-20-21-22-23-24-30-44(48)52-37-42(38-54-56(50,51)53-35-34-47(7,8)9)55-45(49)36-40(3)28-25-27-39(2)31-32-43-41(4)29-26-33-46(43,5)6/h25,27-28,31-32,36,42H,10-24,26,29-30,33-35,37-38H2,1-9H3/p+1/b28-25+,32-31+,39-27+,40-36+. The van der Waals surface area contributed by atoms with Gasteiger partial charge in [0.15, 0.2) is 6.10 Å². The summed E-state index contributed by atoms with van der Waals surface area (Å²) >= 11 is 0. The molecule has 10 heteroatoms. The number of unbranched alkanes of at least 4 members (excludes halogenated alkanes) is 14. The second-order valence-electron chi connectivity index (χ2n) is 17.5. The third-order valence-electron chi connectivity index (χ3n) is 10.3. The van der Waals surface area contributed by atoms with Crippen LogP contribution in [0.4, 0.5) is 0 Å². The molecule has 56 heavy (non-hydrogen) atoms. The zero-order valence-electron chi connectivity index (χ0n) is 37.0. The van der Waals surface area contributed by atoms with Crippen LogP contribution in [-0.4, -0.2) is 74.9 Å². The molecule has 0 fully saturated rings. The highest BCUT2D eigenvalue weighted by Crippen LogP contribution is 2.43. The van der Waals surface area contributed by atoms with E-state index in [9.17, 15) is 19.0 Å². The highest BCUT2D eigenvalue weighted by Gasteiger charge is 2.28. The molecule has 0 saturated heterocycles. The van der Waals surface area contributed by atoms with Gasteiger partial charge in [-0.25, -0.2) is 9.36 Å². The quantitative estimate of drug-likeness (QED) is 0.0184. The van der Waals surface area contributed by atoms with E-state index in [-0.39, 0.29) is 25.0 Å². The number of phosphoric ester groups is 1. The van der Waals surface area contributed by atoms with Crippen LogP contribution >= 0.6 is 7.82 Å². The second kappa shape index (κ2) is 29.0. The Morgan fingerprint density at radius 1 is 0.839 bits per heavy atom. The first kappa shape index (κ1) is 51.7. The number of hydrogen-bond acceptors (Lipinski definition) is 7. The Balaban J connectivity index is 2.61. The number of esters is 2. The van der Waals surface area contributed by atoms with Gasteiger partial charge in [0.2, 0.25) is 0 Å². The summed E-state index contributed by atoms with van der Waals surface area (Å²) in [7, 11) is 1.38. The number of hydrogen-bond donors (Lipinski definition) is 1. The van der Waals surface area contributed by atoms with E-state index in [4.69, 9.17) is 18.5 Å². The molecule has 9 nitrogen and oxygen atoms in total. The summed E-state index contributed by atoms with van der Waals surface area (Å²) in [4.78, 5) is 35.7. The van der Waals surface area contributed by atoms with Gasteiger partial charge in [-0.2, -0.15) is 0 Å². The maximum Gasteiger partial charge on any atom is 0.472 e. The lowest BCUT2D eigenvalue weighted by Crippen LogP contribution is -2.37. The number of likely N-dealkylation sites (N-methyl/N-ethyl adjacent to an activating group) is 1. The van der Waals surface area contributed by atoms with E-state index >= 15 is 0 Å². The maximum absolute atomic E-state index is 12.9. The minimum Gasteiger partial charge on any atom is -0.462 e. The molecule has 0 aromatic rings. The van der Waals surface area contributed by atoms with Gasteiger partial charge >= 0.3 is 19.8 Å². The number of nitrogens with zero attached hydrogens (tertiary/aromatic N) is 1. The Morgan fingerprint density at radius 2 is 1.41 bits per heavy atom. The van der Waals surface area contributed by atoms with Crippen molar-refractivity contribution in [2.24, 2.45) is 5.41 Å². The van der Waals surface area contributed by atoms with Gasteiger partial charge in [0.25, 0.3) is 0 Å². The van der Waals surface area contributed by atoms with Crippen molar-refractivity contribution in [2.45, 2.75) is 170 Å².